The maximum Gasteiger partial charge on any atom is 0.200 e. The average Bonchev–Trinajstić information content (AvgIpc) is 2.87. The number of thiophene rings is 1. The zero-order chi connectivity index (χ0) is 14.2. The molecule has 0 saturated carbocycles. The molecule has 0 fully saturated rings. The lowest BCUT2D eigenvalue weighted by Crippen LogP contribution is -2.09. The Morgan fingerprint density at radius 3 is 1.95 bits per heavy atom. The predicted octanol–water partition coefficient (Wildman–Crippen LogP) is 5.12. The molecule has 1 unspecified atom stereocenters. The van der Waals surface area contributed by atoms with Gasteiger partial charge in [-0.15, -0.1) is 11.3 Å². The lowest BCUT2D eigenvalue weighted by molar-refractivity contribution is 0.369. The predicted molar refractivity (Wildman–Crippen MR) is 65.9 cm³/mol. The van der Waals surface area contributed by atoms with E-state index in [1.165, 1.54) is 11.3 Å². The molecule has 0 spiro atoms. The molecule has 0 bridgehead atoms. The lowest BCUT2D eigenvalue weighted by atomic mass is 10.1. The summed E-state index contributed by atoms with van der Waals surface area (Å²) < 4.78 is 66.1. The van der Waals surface area contributed by atoms with Crippen LogP contribution in [-0.4, -0.2) is 0 Å². The van der Waals surface area contributed by atoms with Crippen LogP contribution in [0.4, 0.5) is 22.0 Å². The highest BCUT2D eigenvalue weighted by Gasteiger charge is 2.29. The van der Waals surface area contributed by atoms with Gasteiger partial charge in [0.1, 0.15) is 0 Å². The van der Waals surface area contributed by atoms with E-state index in [4.69, 9.17) is 0 Å². The molecule has 0 aliphatic heterocycles. The number of halogens is 6. The van der Waals surface area contributed by atoms with Gasteiger partial charge in [0.25, 0.3) is 0 Å². The first-order chi connectivity index (χ1) is 8.93. The number of hydrogen-bond acceptors (Lipinski definition) is 1. The summed E-state index contributed by atoms with van der Waals surface area (Å²) in [6, 6.07) is 3.45. The van der Waals surface area contributed by atoms with Crippen LogP contribution in [-0.2, 0) is 6.42 Å². The lowest BCUT2D eigenvalue weighted by Gasteiger charge is -2.13. The van der Waals surface area contributed by atoms with E-state index in [0.29, 0.717) is 0 Å². The van der Waals surface area contributed by atoms with Crippen LogP contribution in [0.1, 0.15) is 15.3 Å². The topological polar surface area (TPSA) is 0 Å². The van der Waals surface area contributed by atoms with Crippen molar-refractivity contribution in [1.29, 1.82) is 0 Å². The molecule has 2 rings (SSSR count). The van der Waals surface area contributed by atoms with Gasteiger partial charge in [-0.05, 0) is 17.9 Å². The van der Waals surface area contributed by atoms with Crippen LogP contribution in [0.15, 0.2) is 17.5 Å². The second-order valence-corrected chi connectivity index (χ2v) is 5.87. The zero-order valence-electron chi connectivity index (χ0n) is 9.19. The first-order valence-corrected chi connectivity index (χ1v) is 6.90. The van der Waals surface area contributed by atoms with Crippen LogP contribution < -0.4 is 0 Å². The first kappa shape index (κ1) is 14.5. The molecule has 0 nitrogen and oxygen atoms in total. The molecule has 0 radical (unpaired) electrons. The van der Waals surface area contributed by atoms with Crippen molar-refractivity contribution in [2.24, 2.45) is 0 Å². The standard InChI is InChI=1S/C12H6BrF5S/c13-6(4-5-2-1-3-19-5)7-8(14)10(16)12(18)11(17)9(7)15/h1-3,6H,4H2. The molecule has 0 N–H and O–H groups in total. The Balaban J connectivity index is 2.44. The minimum Gasteiger partial charge on any atom is -0.203 e. The van der Waals surface area contributed by atoms with Gasteiger partial charge in [0.15, 0.2) is 23.3 Å². The van der Waals surface area contributed by atoms with Crippen molar-refractivity contribution in [3.63, 3.8) is 0 Å². The monoisotopic (exact) mass is 356 g/mol. The van der Waals surface area contributed by atoms with Crippen LogP contribution in [0.25, 0.3) is 0 Å². The molecule has 0 saturated heterocycles. The van der Waals surface area contributed by atoms with Crippen molar-refractivity contribution in [3.05, 3.63) is 57.0 Å². The third kappa shape index (κ3) is 2.67. The van der Waals surface area contributed by atoms with Gasteiger partial charge in [-0.1, -0.05) is 22.0 Å². The summed E-state index contributed by atoms with van der Waals surface area (Å²) in [5.41, 5.74) is -0.843. The fourth-order valence-corrected chi connectivity index (χ4v) is 3.32. The van der Waals surface area contributed by atoms with Gasteiger partial charge in [-0.25, -0.2) is 22.0 Å². The summed E-state index contributed by atoms with van der Waals surface area (Å²) in [4.78, 5) is -0.221. The van der Waals surface area contributed by atoms with Gasteiger partial charge in [-0.3, -0.25) is 0 Å². The largest absolute Gasteiger partial charge is 0.203 e. The van der Waals surface area contributed by atoms with Crippen LogP contribution in [0.5, 0.6) is 0 Å². The van der Waals surface area contributed by atoms with E-state index in [0.717, 1.165) is 4.88 Å². The molecule has 102 valence electrons. The third-order valence-electron chi connectivity index (χ3n) is 2.52. The van der Waals surface area contributed by atoms with E-state index in [1.54, 1.807) is 17.5 Å². The van der Waals surface area contributed by atoms with Crippen LogP contribution in [0.2, 0.25) is 0 Å². The van der Waals surface area contributed by atoms with E-state index in [1.807, 2.05) is 0 Å². The molecule has 0 aliphatic carbocycles. The Kier molecular flexibility index (Phi) is 4.25. The van der Waals surface area contributed by atoms with Crippen molar-refractivity contribution in [3.8, 4) is 0 Å². The second kappa shape index (κ2) is 5.58. The van der Waals surface area contributed by atoms with Crippen molar-refractivity contribution < 1.29 is 22.0 Å². The van der Waals surface area contributed by atoms with Gasteiger partial charge in [0.2, 0.25) is 5.82 Å². The molecule has 1 atom stereocenters. The molecular formula is C12H6BrF5S. The Labute approximate surface area is 118 Å². The van der Waals surface area contributed by atoms with Gasteiger partial charge >= 0.3 is 0 Å². The van der Waals surface area contributed by atoms with Crippen LogP contribution in [0.3, 0.4) is 0 Å². The molecule has 0 amide bonds. The molecule has 7 heteroatoms. The quantitative estimate of drug-likeness (QED) is 0.310. The van der Waals surface area contributed by atoms with Gasteiger partial charge in [0, 0.05) is 10.4 Å². The van der Waals surface area contributed by atoms with E-state index in [9.17, 15) is 22.0 Å². The summed E-state index contributed by atoms with van der Waals surface area (Å²) >= 11 is 4.31. The number of alkyl halides is 1. The highest BCUT2D eigenvalue weighted by molar-refractivity contribution is 9.09. The van der Waals surface area contributed by atoms with Crippen molar-refractivity contribution in [2.45, 2.75) is 11.2 Å². The van der Waals surface area contributed by atoms with Crippen LogP contribution in [0, 0.1) is 29.1 Å². The Hall–Kier alpha value is -0.950. The number of rotatable bonds is 3. The SMILES string of the molecule is Fc1c(F)c(F)c(C(Br)Cc2cccs2)c(F)c1F. The molecular weight excluding hydrogens is 351 g/mol. The fraction of sp³-hybridized carbons (Fsp3) is 0.167. The maximum absolute atomic E-state index is 13.5. The van der Waals surface area contributed by atoms with Gasteiger partial charge in [0.05, 0.1) is 4.83 Å². The highest BCUT2D eigenvalue weighted by Crippen LogP contribution is 2.35. The van der Waals surface area contributed by atoms with E-state index < -0.39 is 39.5 Å². The number of hydrogen-bond donors (Lipinski definition) is 0. The van der Waals surface area contributed by atoms with Crippen molar-refractivity contribution >= 4 is 27.3 Å². The third-order valence-corrected chi connectivity index (χ3v) is 4.20. The fourth-order valence-electron chi connectivity index (χ4n) is 1.60. The van der Waals surface area contributed by atoms with Crippen molar-refractivity contribution in [2.75, 3.05) is 0 Å². The highest BCUT2D eigenvalue weighted by atomic mass is 79.9. The summed E-state index contributed by atoms with van der Waals surface area (Å²) in [6.45, 7) is 0. The smallest absolute Gasteiger partial charge is 0.200 e. The van der Waals surface area contributed by atoms with E-state index >= 15 is 0 Å². The van der Waals surface area contributed by atoms with Crippen LogP contribution >= 0.6 is 27.3 Å². The minimum absolute atomic E-state index is 0.135. The molecule has 1 heterocycles. The Bertz CT molecular complexity index is 568. The zero-order valence-corrected chi connectivity index (χ0v) is 11.6. The molecule has 19 heavy (non-hydrogen) atoms. The average molecular weight is 357 g/mol. The summed E-state index contributed by atoms with van der Waals surface area (Å²) in [5, 5.41) is 1.76. The Morgan fingerprint density at radius 1 is 0.947 bits per heavy atom. The normalized spacial score (nSPS) is 12.7. The number of benzene rings is 1. The first-order valence-electron chi connectivity index (χ1n) is 5.11. The van der Waals surface area contributed by atoms with E-state index in [2.05, 4.69) is 15.9 Å². The summed E-state index contributed by atoms with van der Waals surface area (Å²) in [6.07, 6.45) is 0.135. The molecule has 0 aliphatic rings. The molecule has 1 aromatic carbocycles. The summed E-state index contributed by atoms with van der Waals surface area (Å²) in [7, 11) is 0. The Morgan fingerprint density at radius 2 is 1.47 bits per heavy atom. The van der Waals surface area contributed by atoms with Gasteiger partial charge < -0.3 is 0 Å². The maximum atomic E-state index is 13.5. The minimum atomic E-state index is -2.14. The molecule has 1 aromatic heterocycles. The van der Waals surface area contributed by atoms with Crippen molar-refractivity contribution in [1.82, 2.24) is 0 Å². The van der Waals surface area contributed by atoms with Gasteiger partial charge in [-0.2, -0.15) is 0 Å². The second-order valence-electron chi connectivity index (χ2n) is 3.73. The summed E-state index contributed by atoms with van der Waals surface area (Å²) in [5.74, 6) is -9.59. The molecule has 2 aromatic rings. The van der Waals surface area contributed by atoms with E-state index in [-0.39, 0.29) is 6.42 Å².